The second-order valence-corrected chi connectivity index (χ2v) is 8.88. The van der Waals surface area contributed by atoms with E-state index in [1.807, 2.05) is 18.3 Å². The molecule has 8 heteroatoms. The van der Waals surface area contributed by atoms with Crippen LogP contribution in [0.4, 0.5) is 21.7 Å². The molecule has 0 radical (unpaired) electrons. The molecule has 33 heavy (non-hydrogen) atoms. The predicted octanol–water partition coefficient (Wildman–Crippen LogP) is 3.64. The summed E-state index contributed by atoms with van der Waals surface area (Å²) in [5.41, 5.74) is 2.44. The smallest absolute Gasteiger partial charge is 0.135 e. The normalized spacial score (nSPS) is 19.5. The zero-order valence-corrected chi connectivity index (χ0v) is 19.0. The lowest BCUT2D eigenvalue weighted by molar-refractivity contribution is 0.246. The van der Waals surface area contributed by atoms with Crippen molar-refractivity contribution in [3.63, 3.8) is 0 Å². The van der Waals surface area contributed by atoms with Gasteiger partial charge in [0.1, 0.15) is 23.3 Å². The Labute approximate surface area is 194 Å². The summed E-state index contributed by atoms with van der Waals surface area (Å²) < 4.78 is 13.7. The van der Waals surface area contributed by atoms with E-state index in [2.05, 4.69) is 39.6 Å². The SMILES string of the molecule is CN1CCCC(c2nc(Nc3cccc(F)c3)cc(-c3ccc(N4CCNCC4)nc3)n2)C1. The van der Waals surface area contributed by atoms with Crippen LogP contribution in [0.5, 0.6) is 0 Å². The molecule has 1 aromatic carbocycles. The minimum absolute atomic E-state index is 0.268. The summed E-state index contributed by atoms with van der Waals surface area (Å²) in [7, 11) is 2.14. The molecule has 7 nitrogen and oxygen atoms in total. The third kappa shape index (κ3) is 5.29. The Kier molecular flexibility index (Phi) is 6.46. The molecule has 0 aliphatic carbocycles. The van der Waals surface area contributed by atoms with E-state index in [-0.39, 0.29) is 11.7 Å². The van der Waals surface area contributed by atoms with Gasteiger partial charge in [-0.2, -0.15) is 0 Å². The molecule has 2 aliphatic rings. The van der Waals surface area contributed by atoms with Crippen LogP contribution in [0.2, 0.25) is 0 Å². The van der Waals surface area contributed by atoms with Gasteiger partial charge in [0.15, 0.2) is 0 Å². The van der Waals surface area contributed by atoms with Crippen LogP contribution < -0.4 is 15.5 Å². The van der Waals surface area contributed by atoms with Crippen molar-refractivity contribution in [2.45, 2.75) is 18.8 Å². The summed E-state index contributed by atoms with van der Waals surface area (Å²) >= 11 is 0. The summed E-state index contributed by atoms with van der Waals surface area (Å²) in [6, 6.07) is 12.5. The summed E-state index contributed by atoms with van der Waals surface area (Å²) in [5, 5.41) is 6.64. The number of aromatic nitrogens is 3. The molecular formula is C25H30FN7. The van der Waals surface area contributed by atoms with Crippen LogP contribution >= 0.6 is 0 Å². The highest BCUT2D eigenvalue weighted by Crippen LogP contribution is 2.29. The number of piperidine rings is 1. The van der Waals surface area contributed by atoms with E-state index < -0.39 is 0 Å². The van der Waals surface area contributed by atoms with Gasteiger partial charge >= 0.3 is 0 Å². The van der Waals surface area contributed by atoms with Crippen molar-refractivity contribution >= 4 is 17.3 Å². The minimum Gasteiger partial charge on any atom is -0.354 e. The Balaban J connectivity index is 1.46. The number of likely N-dealkylation sites (tertiary alicyclic amines) is 1. The zero-order chi connectivity index (χ0) is 22.6. The van der Waals surface area contributed by atoms with Gasteiger partial charge in [-0.15, -0.1) is 0 Å². The van der Waals surface area contributed by atoms with E-state index in [9.17, 15) is 4.39 Å². The van der Waals surface area contributed by atoms with Gasteiger partial charge in [-0.1, -0.05) is 6.07 Å². The van der Waals surface area contributed by atoms with Crippen molar-refractivity contribution in [1.82, 2.24) is 25.2 Å². The number of likely N-dealkylation sites (N-methyl/N-ethyl adjacent to an activating group) is 1. The molecule has 0 saturated carbocycles. The Morgan fingerprint density at radius 2 is 1.94 bits per heavy atom. The average Bonchev–Trinajstić information content (AvgIpc) is 2.84. The van der Waals surface area contributed by atoms with Crippen molar-refractivity contribution in [1.29, 1.82) is 0 Å². The molecule has 0 spiro atoms. The number of nitrogens with one attached hydrogen (secondary N) is 2. The maximum Gasteiger partial charge on any atom is 0.135 e. The number of halogens is 1. The molecule has 5 rings (SSSR count). The highest BCUT2D eigenvalue weighted by Gasteiger charge is 2.23. The van der Waals surface area contributed by atoms with E-state index >= 15 is 0 Å². The maximum atomic E-state index is 13.7. The number of rotatable bonds is 5. The van der Waals surface area contributed by atoms with Gasteiger partial charge < -0.3 is 20.4 Å². The Morgan fingerprint density at radius 1 is 1.06 bits per heavy atom. The van der Waals surface area contributed by atoms with Gasteiger partial charge in [0.2, 0.25) is 0 Å². The monoisotopic (exact) mass is 447 g/mol. The van der Waals surface area contributed by atoms with Crippen LogP contribution in [-0.4, -0.2) is 66.2 Å². The van der Waals surface area contributed by atoms with E-state index in [1.54, 1.807) is 6.07 Å². The fourth-order valence-corrected chi connectivity index (χ4v) is 4.57. The summed E-state index contributed by atoms with van der Waals surface area (Å²) in [5.74, 6) is 2.46. The number of anilines is 3. The second-order valence-electron chi connectivity index (χ2n) is 8.88. The van der Waals surface area contributed by atoms with Crippen molar-refractivity contribution in [3.05, 3.63) is 60.3 Å². The number of nitrogens with zero attached hydrogens (tertiary/aromatic N) is 5. The van der Waals surface area contributed by atoms with E-state index in [4.69, 9.17) is 15.0 Å². The first-order valence-electron chi connectivity index (χ1n) is 11.7. The molecule has 2 saturated heterocycles. The van der Waals surface area contributed by atoms with Crippen molar-refractivity contribution < 1.29 is 4.39 Å². The van der Waals surface area contributed by atoms with Crippen molar-refractivity contribution in [3.8, 4) is 11.3 Å². The van der Waals surface area contributed by atoms with Gasteiger partial charge in [-0.3, -0.25) is 0 Å². The summed E-state index contributed by atoms with van der Waals surface area (Å²) in [4.78, 5) is 19.1. The average molecular weight is 448 g/mol. The van der Waals surface area contributed by atoms with Crippen LogP contribution in [0.1, 0.15) is 24.6 Å². The van der Waals surface area contributed by atoms with Crippen LogP contribution in [0.25, 0.3) is 11.3 Å². The van der Waals surface area contributed by atoms with Crippen molar-refractivity contribution in [2.24, 2.45) is 0 Å². The number of pyridine rings is 1. The van der Waals surface area contributed by atoms with Crippen molar-refractivity contribution in [2.75, 3.05) is 56.5 Å². The lowest BCUT2D eigenvalue weighted by atomic mass is 9.97. The van der Waals surface area contributed by atoms with Gasteiger partial charge in [0.25, 0.3) is 0 Å². The highest BCUT2D eigenvalue weighted by atomic mass is 19.1. The van der Waals surface area contributed by atoms with E-state index in [0.29, 0.717) is 11.5 Å². The third-order valence-corrected chi connectivity index (χ3v) is 6.31. The molecule has 172 valence electrons. The molecule has 2 aliphatic heterocycles. The van der Waals surface area contributed by atoms with Crippen LogP contribution in [0.3, 0.4) is 0 Å². The molecule has 4 heterocycles. The number of hydrogen-bond donors (Lipinski definition) is 2. The quantitative estimate of drug-likeness (QED) is 0.619. The van der Waals surface area contributed by atoms with Crippen LogP contribution in [-0.2, 0) is 0 Å². The molecule has 1 unspecified atom stereocenters. The largest absolute Gasteiger partial charge is 0.354 e. The Bertz CT molecular complexity index is 1080. The molecule has 2 N–H and O–H groups in total. The number of hydrogen-bond acceptors (Lipinski definition) is 7. The summed E-state index contributed by atoms with van der Waals surface area (Å²) in [6.07, 6.45) is 4.08. The highest BCUT2D eigenvalue weighted by molar-refractivity contribution is 5.66. The molecule has 3 aromatic rings. The zero-order valence-electron chi connectivity index (χ0n) is 19.0. The molecule has 2 fully saturated rings. The van der Waals surface area contributed by atoms with E-state index in [0.717, 1.165) is 75.0 Å². The van der Waals surface area contributed by atoms with Gasteiger partial charge in [0, 0.05) is 62.2 Å². The van der Waals surface area contributed by atoms with Gasteiger partial charge in [0.05, 0.1) is 5.69 Å². The number of piperazine rings is 1. The molecule has 2 aromatic heterocycles. The topological polar surface area (TPSA) is 69.2 Å². The Morgan fingerprint density at radius 3 is 2.70 bits per heavy atom. The third-order valence-electron chi connectivity index (χ3n) is 6.31. The molecule has 1 atom stereocenters. The molecule has 0 amide bonds. The molecular weight excluding hydrogens is 417 g/mol. The van der Waals surface area contributed by atoms with E-state index in [1.165, 1.54) is 12.1 Å². The molecule has 0 bridgehead atoms. The predicted molar refractivity (Wildman–Crippen MR) is 130 cm³/mol. The van der Waals surface area contributed by atoms with Gasteiger partial charge in [-0.05, 0) is 56.8 Å². The van der Waals surface area contributed by atoms with Gasteiger partial charge in [-0.25, -0.2) is 19.3 Å². The Hall–Kier alpha value is -3.10. The first-order chi connectivity index (χ1) is 16.1. The number of benzene rings is 1. The lowest BCUT2D eigenvalue weighted by Gasteiger charge is -2.29. The van der Waals surface area contributed by atoms with Crippen LogP contribution in [0.15, 0.2) is 48.7 Å². The minimum atomic E-state index is -0.281. The fraction of sp³-hybridized carbons (Fsp3) is 0.400. The summed E-state index contributed by atoms with van der Waals surface area (Å²) in [6.45, 7) is 5.90. The van der Waals surface area contributed by atoms with Crippen LogP contribution in [0, 0.1) is 5.82 Å². The maximum absolute atomic E-state index is 13.7. The lowest BCUT2D eigenvalue weighted by Crippen LogP contribution is -2.43. The first kappa shape index (κ1) is 21.7. The second kappa shape index (κ2) is 9.80. The first-order valence-corrected chi connectivity index (χ1v) is 11.7. The fourth-order valence-electron chi connectivity index (χ4n) is 4.57. The standard InChI is InChI=1S/C25H30FN7/c1-32-11-3-4-19(17-32)25-30-22(15-23(31-25)29-21-6-2-5-20(26)14-21)18-7-8-24(28-16-18)33-12-9-27-10-13-33/h2,5-8,14-16,19,27H,3-4,9-13,17H2,1H3,(H,29,30,31).